The smallest absolute Gasteiger partial charge is 0.0624 e. The molecule has 2 aromatic rings. The van der Waals surface area contributed by atoms with E-state index in [2.05, 4.69) is 35.3 Å². The zero-order valence-electron chi connectivity index (χ0n) is 11.7. The van der Waals surface area contributed by atoms with Gasteiger partial charge in [-0.2, -0.15) is 0 Å². The molecule has 3 rings (SSSR count). The molecule has 20 heavy (non-hydrogen) atoms. The quantitative estimate of drug-likeness (QED) is 0.899. The lowest BCUT2D eigenvalue weighted by atomic mass is 9.94. The molecule has 1 aromatic carbocycles. The molecule has 0 amide bonds. The molecule has 1 aromatic heterocycles. The molecule has 1 heterocycles. The van der Waals surface area contributed by atoms with Gasteiger partial charge in [0.1, 0.15) is 0 Å². The fourth-order valence-corrected chi connectivity index (χ4v) is 3.18. The molecular weight excluding hydrogens is 246 g/mol. The second-order valence-electron chi connectivity index (χ2n) is 5.64. The number of rotatable bonds is 5. The number of aliphatic hydroxyl groups excluding tert-OH is 1. The monoisotopic (exact) mass is 267 g/mol. The summed E-state index contributed by atoms with van der Waals surface area (Å²) >= 11 is 0. The van der Waals surface area contributed by atoms with Crippen LogP contribution < -0.4 is 0 Å². The normalized spacial score (nSPS) is 18.8. The lowest BCUT2D eigenvalue weighted by molar-refractivity contribution is 0.129. The summed E-state index contributed by atoms with van der Waals surface area (Å²) in [5.74, 6) is 0.238. The SMILES string of the molecule is OC(CCCc1ccccc1)C1CCc2cccnc21. The average molecular weight is 267 g/mol. The Bertz CT molecular complexity index is 552. The largest absolute Gasteiger partial charge is 0.392 e. The summed E-state index contributed by atoms with van der Waals surface area (Å²) in [4.78, 5) is 4.47. The van der Waals surface area contributed by atoms with Crippen LogP contribution in [0.25, 0.3) is 0 Å². The number of benzene rings is 1. The van der Waals surface area contributed by atoms with E-state index in [1.54, 1.807) is 0 Å². The maximum absolute atomic E-state index is 10.4. The summed E-state index contributed by atoms with van der Waals surface area (Å²) in [6.45, 7) is 0. The molecule has 1 N–H and O–H groups in total. The first kappa shape index (κ1) is 13.3. The van der Waals surface area contributed by atoms with Gasteiger partial charge in [0.2, 0.25) is 0 Å². The van der Waals surface area contributed by atoms with Crippen molar-refractivity contribution in [1.29, 1.82) is 0 Å². The number of hydrogen-bond acceptors (Lipinski definition) is 2. The average Bonchev–Trinajstić information content (AvgIpc) is 2.92. The highest BCUT2D eigenvalue weighted by molar-refractivity contribution is 5.29. The van der Waals surface area contributed by atoms with Gasteiger partial charge >= 0.3 is 0 Å². The van der Waals surface area contributed by atoms with Crippen molar-refractivity contribution in [3.05, 3.63) is 65.5 Å². The Hall–Kier alpha value is -1.67. The van der Waals surface area contributed by atoms with E-state index in [1.807, 2.05) is 18.3 Å². The Morgan fingerprint density at radius 3 is 2.85 bits per heavy atom. The standard InChI is InChI=1S/C18H21NO/c20-17(10-4-8-14-6-2-1-3-7-14)16-12-11-15-9-5-13-19-18(15)16/h1-3,5-7,9,13,16-17,20H,4,8,10-12H2. The molecule has 0 bridgehead atoms. The molecule has 0 spiro atoms. The molecule has 0 radical (unpaired) electrons. The molecule has 0 saturated carbocycles. The van der Waals surface area contributed by atoms with E-state index in [0.717, 1.165) is 37.8 Å². The van der Waals surface area contributed by atoms with Crippen LogP contribution in [0.5, 0.6) is 0 Å². The molecule has 2 atom stereocenters. The second-order valence-corrected chi connectivity index (χ2v) is 5.64. The van der Waals surface area contributed by atoms with Gasteiger partial charge in [-0.05, 0) is 49.3 Å². The van der Waals surface area contributed by atoms with Crippen LogP contribution in [-0.2, 0) is 12.8 Å². The molecule has 0 aliphatic heterocycles. The zero-order valence-corrected chi connectivity index (χ0v) is 11.7. The van der Waals surface area contributed by atoms with E-state index in [0.29, 0.717) is 0 Å². The van der Waals surface area contributed by atoms with Crippen molar-refractivity contribution in [3.8, 4) is 0 Å². The molecule has 1 aliphatic rings. The first-order valence-electron chi connectivity index (χ1n) is 7.50. The van der Waals surface area contributed by atoms with Crippen molar-refractivity contribution in [1.82, 2.24) is 4.98 Å². The van der Waals surface area contributed by atoms with Crippen LogP contribution in [0.4, 0.5) is 0 Å². The minimum absolute atomic E-state index is 0.238. The summed E-state index contributed by atoms with van der Waals surface area (Å²) in [5, 5.41) is 10.4. The summed E-state index contributed by atoms with van der Waals surface area (Å²) in [5.41, 5.74) is 3.80. The predicted molar refractivity (Wildman–Crippen MR) is 80.7 cm³/mol. The van der Waals surface area contributed by atoms with Crippen molar-refractivity contribution in [2.75, 3.05) is 0 Å². The van der Waals surface area contributed by atoms with Crippen molar-refractivity contribution >= 4 is 0 Å². The number of fused-ring (bicyclic) bond motifs is 1. The van der Waals surface area contributed by atoms with Gasteiger partial charge < -0.3 is 5.11 Å². The highest BCUT2D eigenvalue weighted by Crippen LogP contribution is 2.35. The van der Waals surface area contributed by atoms with E-state index in [4.69, 9.17) is 0 Å². The number of hydrogen-bond donors (Lipinski definition) is 1. The maximum atomic E-state index is 10.4. The topological polar surface area (TPSA) is 33.1 Å². The Balaban J connectivity index is 1.54. The van der Waals surface area contributed by atoms with Crippen molar-refractivity contribution in [3.63, 3.8) is 0 Å². The fourth-order valence-electron chi connectivity index (χ4n) is 3.18. The van der Waals surface area contributed by atoms with E-state index in [-0.39, 0.29) is 12.0 Å². The highest BCUT2D eigenvalue weighted by Gasteiger charge is 2.29. The molecule has 0 saturated heterocycles. The Labute approximate surface area is 120 Å². The van der Waals surface area contributed by atoms with Crippen LogP contribution >= 0.6 is 0 Å². The van der Waals surface area contributed by atoms with Crippen LogP contribution in [0.1, 0.15) is 42.0 Å². The van der Waals surface area contributed by atoms with Gasteiger partial charge in [0.25, 0.3) is 0 Å². The Kier molecular flexibility index (Phi) is 4.12. The summed E-state index contributed by atoms with van der Waals surface area (Å²) in [6.07, 6.45) is 6.62. The van der Waals surface area contributed by atoms with Crippen LogP contribution in [0.15, 0.2) is 48.7 Å². The zero-order chi connectivity index (χ0) is 13.8. The third-order valence-electron chi connectivity index (χ3n) is 4.27. The van der Waals surface area contributed by atoms with Crippen LogP contribution in [0.2, 0.25) is 0 Å². The fraction of sp³-hybridized carbons (Fsp3) is 0.389. The predicted octanol–water partition coefficient (Wildman–Crippen LogP) is 3.50. The van der Waals surface area contributed by atoms with E-state index in [9.17, 15) is 5.11 Å². The molecule has 2 heteroatoms. The lowest BCUT2D eigenvalue weighted by Crippen LogP contribution is -2.17. The van der Waals surface area contributed by atoms with Crippen molar-refractivity contribution < 1.29 is 5.11 Å². The first-order chi connectivity index (χ1) is 9.84. The van der Waals surface area contributed by atoms with E-state index in [1.165, 1.54) is 11.1 Å². The minimum atomic E-state index is -0.255. The van der Waals surface area contributed by atoms with Gasteiger partial charge in [-0.3, -0.25) is 4.98 Å². The van der Waals surface area contributed by atoms with Gasteiger partial charge in [0.05, 0.1) is 6.10 Å². The minimum Gasteiger partial charge on any atom is -0.392 e. The van der Waals surface area contributed by atoms with Gasteiger partial charge in [0.15, 0.2) is 0 Å². The molecular formula is C18H21NO. The van der Waals surface area contributed by atoms with Crippen LogP contribution in [-0.4, -0.2) is 16.2 Å². The van der Waals surface area contributed by atoms with E-state index >= 15 is 0 Å². The van der Waals surface area contributed by atoms with Gasteiger partial charge in [0, 0.05) is 17.8 Å². The lowest BCUT2D eigenvalue weighted by Gasteiger charge is -2.18. The van der Waals surface area contributed by atoms with Crippen LogP contribution in [0, 0.1) is 0 Å². The summed E-state index contributed by atoms with van der Waals surface area (Å²) < 4.78 is 0. The second kappa shape index (κ2) is 6.19. The van der Waals surface area contributed by atoms with Gasteiger partial charge in [-0.1, -0.05) is 36.4 Å². The van der Waals surface area contributed by atoms with Crippen molar-refractivity contribution in [2.24, 2.45) is 0 Å². The number of pyridine rings is 1. The number of aliphatic hydroxyl groups is 1. The molecule has 2 nitrogen and oxygen atoms in total. The van der Waals surface area contributed by atoms with Gasteiger partial charge in [-0.15, -0.1) is 0 Å². The number of aryl methyl sites for hydroxylation is 2. The Morgan fingerprint density at radius 2 is 2.00 bits per heavy atom. The first-order valence-corrected chi connectivity index (χ1v) is 7.50. The van der Waals surface area contributed by atoms with E-state index < -0.39 is 0 Å². The third-order valence-corrected chi connectivity index (χ3v) is 4.27. The van der Waals surface area contributed by atoms with Crippen molar-refractivity contribution in [2.45, 2.75) is 44.1 Å². The van der Waals surface area contributed by atoms with Gasteiger partial charge in [-0.25, -0.2) is 0 Å². The Morgan fingerprint density at radius 1 is 1.15 bits per heavy atom. The van der Waals surface area contributed by atoms with Crippen LogP contribution in [0.3, 0.4) is 0 Å². The highest BCUT2D eigenvalue weighted by atomic mass is 16.3. The summed E-state index contributed by atoms with van der Waals surface area (Å²) in [7, 11) is 0. The number of aromatic nitrogens is 1. The molecule has 0 fully saturated rings. The molecule has 1 aliphatic carbocycles. The molecule has 104 valence electrons. The third kappa shape index (κ3) is 2.91. The molecule has 2 unspecified atom stereocenters. The number of nitrogens with zero attached hydrogens (tertiary/aromatic N) is 1. The summed E-state index contributed by atoms with van der Waals surface area (Å²) in [6, 6.07) is 14.6. The maximum Gasteiger partial charge on any atom is 0.0624 e.